The maximum absolute atomic E-state index is 14.0. The van der Waals surface area contributed by atoms with E-state index in [1.54, 1.807) is 41.2 Å². The van der Waals surface area contributed by atoms with E-state index in [1.165, 1.54) is 0 Å². The average molecular weight is 601 g/mol. The molecule has 0 unspecified atom stereocenters. The predicted molar refractivity (Wildman–Crippen MR) is 150 cm³/mol. The van der Waals surface area contributed by atoms with E-state index in [2.05, 4.69) is 15.6 Å². The van der Waals surface area contributed by atoms with Crippen LogP contribution in [0.2, 0.25) is 0 Å². The second kappa shape index (κ2) is 11.5. The molecule has 0 aliphatic heterocycles. The first kappa shape index (κ1) is 29.5. The number of pyridine rings is 1. The van der Waals surface area contributed by atoms with E-state index < -0.39 is 17.9 Å². The zero-order chi connectivity index (χ0) is 30.4. The zero-order valence-corrected chi connectivity index (χ0v) is 24.0. The Hall–Kier alpha value is -3.57. The van der Waals surface area contributed by atoms with Crippen molar-refractivity contribution in [2.24, 2.45) is 17.8 Å². The number of hydrogen-bond donors (Lipinski definition) is 2. The lowest BCUT2D eigenvalue weighted by Gasteiger charge is -2.34. The van der Waals surface area contributed by atoms with E-state index in [0.717, 1.165) is 18.5 Å². The summed E-state index contributed by atoms with van der Waals surface area (Å²) >= 11 is 0. The highest BCUT2D eigenvalue weighted by Crippen LogP contribution is 2.45. The van der Waals surface area contributed by atoms with Gasteiger partial charge in [-0.2, -0.15) is 0 Å². The monoisotopic (exact) mass is 600 g/mol. The van der Waals surface area contributed by atoms with Crippen LogP contribution in [0.5, 0.6) is 0 Å². The fraction of sp³-hybridized carbons (Fsp3) is 0.581. The van der Waals surface area contributed by atoms with Gasteiger partial charge in [0.05, 0.1) is 23.5 Å². The standard InChI is InChI=1S/C31H36F4N6O2/c1-2-22-14-21(7-11-36-22)28(43)40-27(20-5-9-30(32,33)10-6-20)24-17-41-12-8-23(37-29(41)38-24)26(19-3-4-19)39-25(42)13-18-15-31(34,35)16-18/h7-8,11-12,14,17-20,26-27H,2-6,9-10,13,15-16H2,1H3,(H,39,42)(H,40,43)/t26-,27+/m1/s1. The van der Waals surface area contributed by atoms with Gasteiger partial charge in [0.25, 0.3) is 5.91 Å². The maximum atomic E-state index is 14.0. The van der Waals surface area contributed by atoms with Crippen LogP contribution < -0.4 is 10.6 Å². The molecular weight excluding hydrogens is 564 g/mol. The number of nitrogens with zero attached hydrogens (tertiary/aromatic N) is 4. The molecule has 0 bridgehead atoms. The third-order valence-corrected chi connectivity index (χ3v) is 9.02. The lowest BCUT2D eigenvalue weighted by atomic mass is 9.79. The normalized spacial score (nSPS) is 21.6. The molecule has 8 nitrogen and oxygen atoms in total. The molecule has 0 spiro atoms. The van der Waals surface area contributed by atoms with Crippen LogP contribution in [0, 0.1) is 17.8 Å². The number of aryl methyl sites for hydroxylation is 1. The molecule has 3 aromatic rings. The zero-order valence-electron chi connectivity index (χ0n) is 24.0. The van der Waals surface area contributed by atoms with Crippen molar-refractivity contribution in [3.8, 4) is 0 Å². The van der Waals surface area contributed by atoms with Crippen LogP contribution in [0.25, 0.3) is 5.78 Å². The van der Waals surface area contributed by atoms with Gasteiger partial charge in [0.15, 0.2) is 0 Å². The van der Waals surface area contributed by atoms with Crippen LogP contribution >= 0.6 is 0 Å². The molecule has 3 fully saturated rings. The summed E-state index contributed by atoms with van der Waals surface area (Å²) in [6, 6.07) is 4.19. The molecule has 2 N–H and O–H groups in total. The van der Waals surface area contributed by atoms with Gasteiger partial charge in [0.2, 0.25) is 23.5 Å². The fourth-order valence-electron chi connectivity index (χ4n) is 6.38. The van der Waals surface area contributed by atoms with Gasteiger partial charge in [-0.1, -0.05) is 6.92 Å². The quantitative estimate of drug-likeness (QED) is 0.279. The SMILES string of the molecule is CCc1cc(C(=O)N[C@H](c2cn3ccc([C@H](NC(=O)CC4CC(F)(F)C4)C4CC4)nc3n2)C2CCC(F)(F)CC2)ccn1. The summed E-state index contributed by atoms with van der Waals surface area (Å²) in [6.07, 6.45) is 7.16. The van der Waals surface area contributed by atoms with E-state index in [4.69, 9.17) is 9.97 Å². The van der Waals surface area contributed by atoms with Crippen molar-refractivity contribution < 1.29 is 27.2 Å². The number of hydrogen-bond acceptors (Lipinski definition) is 5. The minimum atomic E-state index is -2.72. The largest absolute Gasteiger partial charge is 0.347 e. The third kappa shape index (κ3) is 6.83. The summed E-state index contributed by atoms with van der Waals surface area (Å²) in [5.74, 6) is -5.95. The molecule has 6 rings (SSSR count). The maximum Gasteiger partial charge on any atom is 0.251 e. The highest BCUT2D eigenvalue weighted by atomic mass is 19.3. The molecule has 230 valence electrons. The Kier molecular flexibility index (Phi) is 7.89. The van der Waals surface area contributed by atoms with Gasteiger partial charge in [0.1, 0.15) is 0 Å². The summed E-state index contributed by atoms with van der Waals surface area (Å²) in [5.41, 5.74) is 2.36. The third-order valence-electron chi connectivity index (χ3n) is 9.02. The van der Waals surface area contributed by atoms with Crippen molar-refractivity contribution in [1.29, 1.82) is 0 Å². The number of amides is 2. The topological polar surface area (TPSA) is 101 Å². The van der Waals surface area contributed by atoms with E-state index in [1.807, 2.05) is 6.92 Å². The van der Waals surface area contributed by atoms with Crippen molar-refractivity contribution in [2.75, 3.05) is 0 Å². The van der Waals surface area contributed by atoms with Crippen LogP contribution in [0.1, 0.15) is 104 Å². The number of aromatic nitrogens is 4. The summed E-state index contributed by atoms with van der Waals surface area (Å²) in [6.45, 7) is 1.95. The van der Waals surface area contributed by atoms with E-state index >= 15 is 0 Å². The fourth-order valence-corrected chi connectivity index (χ4v) is 6.38. The van der Waals surface area contributed by atoms with Crippen molar-refractivity contribution in [2.45, 2.75) is 95.1 Å². The molecule has 0 saturated heterocycles. The molecule has 0 radical (unpaired) electrons. The second-order valence-electron chi connectivity index (χ2n) is 12.5. The first-order valence-corrected chi connectivity index (χ1v) is 15.1. The molecule has 3 aromatic heterocycles. The molecular formula is C31H36F4N6O2. The molecule has 3 saturated carbocycles. The number of fused-ring (bicyclic) bond motifs is 1. The molecule has 3 heterocycles. The van der Waals surface area contributed by atoms with E-state index in [9.17, 15) is 27.2 Å². The number of alkyl halides is 4. The molecule has 12 heteroatoms. The Morgan fingerprint density at radius 1 is 0.953 bits per heavy atom. The number of nitrogens with one attached hydrogen (secondary N) is 2. The summed E-state index contributed by atoms with van der Waals surface area (Å²) < 4.78 is 56.3. The van der Waals surface area contributed by atoms with Gasteiger partial charge in [-0.05, 0) is 68.1 Å². The first-order chi connectivity index (χ1) is 20.5. The van der Waals surface area contributed by atoms with Crippen molar-refractivity contribution in [1.82, 2.24) is 30.0 Å². The van der Waals surface area contributed by atoms with Crippen molar-refractivity contribution in [3.63, 3.8) is 0 Å². The minimum absolute atomic E-state index is 0.0631. The Morgan fingerprint density at radius 3 is 2.30 bits per heavy atom. The molecule has 43 heavy (non-hydrogen) atoms. The molecule has 2 atom stereocenters. The van der Waals surface area contributed by atoms with Gasteiger partial charge in [-0.15, -0.1) is 0 Å². The lowest BCUT2D eigenvalue weighted by Crippen LogP contribution is -2.39. The molecule has 2 amide bonds. The van der Waals surface area contributed by atoms with Gasteiger partial charge in [-0.3, -0.25) is 19.0 Å². The lowest BCUT2D eigenvalue weighted by molar-refractivity contribution is -0.134. The van der Waals surface area contributed by atoms with Crippen molar-refractivity contribution in [3.05, 3.63) is 59.4 Å². The number of carbonyl (C=O) groups is 2. The molecule has 0 aromatic carbocycles. The highest BCUT2D eigenvalue weighted by molar-refractivity contribution is 5.94. The Labute approximate surface area is 247 Å². The van der Waals surface area contributed by atoms with Crippen LogP contribution in [-0.4, -0.2) is 43.0 Å². The number of carbonyl (C=O) groups excluding carboxylic acids is 2. The summed E-state index contributed by atoms with van der Waals surface area (Å²) in [4.78, 5) is 39.8. The smallest absolute Gasteiger partial charge is 0.251 e. The molecule has 3 aliphatic carbocycles. The van der Waals surface area contributed by atoms with Crippen LogP contribution in [0.15, 0.2) is 36.8 Å². The second-order valence-corrected chi connectivity index (χ2v) is 12.5. The van der Waals surface area contributed by atoms with Gasteiger partial charge < -0.3 is 10.6 Å². The Morgan fingerprint density at radius 2 is 1.63 bits per heavy atom. The number of halogens is 4. The number of imidazole rings is 1. The van der Waals surface area contributed by atoms with Gasteiger partial charge in [0, 0.05) is 62.0 Å². The minimum Gasteiger partial charge on any atom is -0.347 e. The molecule has 3 aliphatic rings. The van der Waals surface area contributed by atoms with Crippen LogP contribution in [0.3, 0.4) is 0 Å². The Balaban J connectivity index is 1.23. The highest BCUT2D eigenvalue weighted by Gasteiger charge is 2.46. The van der Waals surface area contributed by atoms with E-state index in [-0.39, 0.29) is 80.6 Å². The van der Waals surface area contributed by atoms with Gasteiger partial charge in [-0.25, -0.2) is 27.5 Å². The summed E-state index contributed by atoms with van der Waals surface area (Å²) in [7, 11) is 0. The average Bonchev–Trinajstić information content (AvgIpc) is 3.71. The van der Waals surface area contributed by atoms with E-state index in [0.29, 0.717) is 29.1 Å². The predicted octanol–water partition coefficient (Wildman–Crippen LogP) is 5.99. The number of rotatable bonds is 10. The summed E-state index contributed by atoms with van der Waals surface area (Å²) in [5, 5.41) is 6.07. The van der Waals surface area contributed by atoms with Crippen molar-refractivity contribution >= 4 is 17.6 Å². The van der Waals surface area contributed by atoms with Gasteiger partial charge >= 0.3 is 0 Å². The first-order valence-electron chi connectivity index (χ1n) is 15.1. The van der Waals surface area contributed by atoms with Crippen LogP contribution in [0.4, 0.5) is 17.6 Å². The van der Waals surface area contributed by atoms with Crippen LogP contribution in [-0.2, 0) is 11.2 Å². The Bertz CT molecular complexity index is 1490.